The van der Waals surface area contributed by atoms with Crippen LogP contribution in [0.25, 0.3) is 117 Å². The molecule has 0 N–H and O–H groups in total. The monoisotopic (exact) mass is 1290 g/mol. The average Bonchev–Trinajstić information content (AvgIpc) is 1.68. The molecule has 0 saturated carbocycles. The zero-order chi connectivity index (χ0) is 65.9. The molecule has 0 radical (unpaired) electrons. The number of furan rings is 1. The number of ether oxygens (including phenoxy) is 1. The number of aromatic nitrogens is 4. The van der Waals surface area contributed by atoms with Crippen LogP contribution in [0.15, 0.2) is 241 Å². The Morgan fingerprint density at radius 3 is 1.79 bits per heavy atom. The summed E-state index contributed by atoms with van der Waals surface area (Å²) in [7, 11) is 0. The first-order chi connectivity index (χ1) is 45.1. The molecule has 0 fully saturated rings. The number of benzene rings is 11. The minimum Gasteiger partial charge on any atom is -0.519 e. The summed E-state index contributed by atoms with van der Waals surface area (Å²) in [6, 6.07) is 59.8. The van der Waals surface area contributed by atoms with Crippen LogP contribution >= 0.6 is 0 Å². The molecule has 0 unspecified atom stereocenters. The zero-order valence-corrected chi connectivity index (χ0v) is 50.1. The Morgan fingerprint density at radius 2 is 1.13 bits per heavy atom. The Hall–Kier alpha value is -9.35. The molecule has 0 saturated heterocycles. The largest absolute Gasteiger partial charge is 0.519 e. The van der Waals surface area contributed by atoms with Gasteiger partial charge < -0.3 is 18.3 Å². The van der Waals surface area contributed by atoms with Gasteiger partial charge in [0.15, 0.2) is 0 Å². The summed E-state index contributed by atoms with van der Waals surface area (Å²) in [4.78, 5) is 5.47. The number of nitrogens with zero attached hydrogens (tertiary/aromatic N) is 4. The predicted molar refractivity (Wildman–Crippen MR) is 344 cm³/mol. The van der Waals surface area contributed by atoms with Crippen LogP contribution in [0.4, 0.5) is 0 Å². The molecule has 6 nitrogen and oxygen atoms in total. The van der Waals surface area contributed by atoms with E-state index < -0.39 is 65.8 Å². The minimum absolute atomic E-state index is 0. The van der Waals surface area contributed by atoms with Gasteiger partial charge in [-0.05, 0) is 109 Å². The average molecular weight is 1290 g/mol. The Balaban J connectivity index is 0.00000818. The van der Waals surface area contributed by atoms with Crippen LogP contribution in [0.5, 0.6) is 11.5 Å². The van der Waals surface area contributed by atoms with Gasteiger partial charge >= 0.3 is 0 Å². The molecule has 7 heteroatoms. The fourth-order valence-corrected chi connectivity index (χ4v) is 11.5. The molecule has 14 rings (SSSR count). The molecule has 3 heterocycles. The smallest absolute Gasteiger partial charge is 0.268 e. The first-order valence-corrected chi connectivity index (χ1v) is 28.3. The van der Waals surface area contributed by atoms with E-state index in [9.17, 15) is 5.48 Å². The molecule has 0 amide bonds. The van der Waals surface area contributed by atoms with Crippen LogP contribution in [0, 0.1) is 18.5 Å². The van der Waals surface area contributed by atoms with Gasteiger partial charge in [-0.2, -0.15) is 0 Å². The van der Waals surface area contributed by atoms with Crippen LogP contribution in [-0.4, -0.2) is 14.1 Å². The van der Waals surface area contributed by atoms with Gasteiger partial charge in [-0.15, -0.1) is 29.3 Å². The Morgan fingerprint density at radius 1 is 0.553 bits per heavy atom. The van der Waals surface area contributed by atoms with E-state index in [1.54, 1.807) is 27.3 Å². The molecular weight excluding hydrogens is 1220 g/mol. The van der Waals surface area contributed by atoms with E-state index >= 15 is 0 Å². The van der Waals surface area contributed by atoms with Crippen LogP contribution in [0.3, 0.4) is 0 Å². The van der Waals surface area contributed by atoms with E-state index in [0.717, 1.165) is 44.4 Å². The molecule has 418 valence electrons. The molecule has 0 aliphatic heterocycles. The van der Waals surface area contributed by atoms with E-state index in [4.69, 9.17) is 22.4 Å². The molecule has 0 atom stereocenters. The number of hydrogen-bond acceptors (Lipinski definition) is 3. The normalized spacial score (nSPS) is 13.5. The van der Waals surface area contributed by atoms with Crippen LogP contribution in [0.1, 0.15) is 90.7 Å². The molecule has 85 heavy (non-hydrogen) atoms. The standard InChI is InChI=1S/C78H62N4O2.Pt/c1-50(2)65-44-57(54-40-38-53(39-41-54)52-24-11-8-12-25-52)45-66(51(3)4)75(65)82-69-34-19-18-33-68(69)79-77(82)58-42-59(78(5,6)7)46-60(43-58)83-61-47-67-64-30-17-22-37-73(64)84-76(67)72(48-61)80-49-81(71-36-21-20-35-70(71)80)74-62(55-26-13-9-14-27-55)31-23-32-63(74)56-28-15-10-16-29-56;/h8-42,44-47,50-51H,1-7H3;/q-2;/i9D,10D,13D,14D,15D,16D,26D,27D,28D,29D;. The maximum atomic E-state index is 9.25. The maximum absolute atomic E-state index is 9.25. The van der Waals surface area contributed by atoms with Crippen molar-refractivity contribution in [2.24, 2.45) is 0 Å². The molecule has 0 spiro atoms. The fraction of sp³-hybridized carbons (Fsp3) is 0.128. The van der Waals surface area contributed by atoms with Gasteiger partial charge in [0.2, 0.25) is 0 Å². The SMILES string of the molecule is [2H]c1c([2H])c([2H])c(-c2cccc(-c3c([2H])c([2H])c([2H])c([2H])c3[2H])c2-[n+]2[c-]n(-c3[c-]c(Oc4[c-]c(-c5nc6ccccc6n5-c5c(C(C)C)cc(-c6ccc(-c7ccccc7)cc6)cc5C(C)C)cc(C(C)(C)C)c4)cc4c3oc3ccccc34)c3ccccc32)c([2H])c1[2H].[Pt]. The predicted octanol–water partition coefficient (Wildman–Crippen LogP) is 20.2. The third kappa shape index (κ3) is 10.1. The molecule has 3 aromatic heterocycles. The van der Waals surface area contributed by atoms with Crippen LogP contribution in [0.2, 0.25) is 0 Å². The van der Waals surface area contributed by atoms with Gasteiger partial charge in [-0.3, -0.25) is 9.55 Å². The van der Waals surface area contributed by atoms with E-state index in [0.29, 0.717) is 56.2 Å². The Labute approximate surface area is 525 Å². The van der Waals surface area contributed by atoms with E-state index in [2.05, 4.69) is 150 Å². The van der Waals surface area contributed by atoms with E-state index in [1.165, 1.54) is 16.7 Å². The number of para-hydroxylation sites is 6. The summed E-state index contributed by atoms with van der Waals surface area (Å²) >= 11 is 0. The van der Waals surface area contributed by atoms with Crippen molar-refractivity contribution >= 4 is 44.0 Å². The quantitative estimate of drug-likeness (QED) is 0.0905. The second-order valence-corrected chi connectivity index (χ2v) is 22.8. The Bertz CT molecular complexity index is 5240. The number of rotatable bonds is 12. The number of imidazole rings is 2. The number of hydrogen-bond donors (Lipinski definition) is 0. The van der Waals surface area contributed by atoms with Crippen molar-refractivity contribution in [2.75, 3.05) is 0 Å². The van der Waals surface area contributed by atoms with Gasteiger partial charge in [-0.25, -0.2) is 0 Å². The second-order valence-electron chi connectivity index (χ2n) is 22.8. The van der Waals surface area contributed by atoms with Crippen LogP contribution < -0.4 is 9.30 Å². The first-order valence-electron chi connectivity index (χ1n) is 33.3. The van der Waals surface area contributed by atoms with Gasteiger partial charge in [0.05, 0.1) is 47.3 Å². The molecule has 0 bridgehead atoms. The third-order valence-corrected chi connectivity index (χ3v) is 15.6. The van der Waals surface area contributed by atoms with Gasteiger partial charge in [-0.1, -0.05) is 254 Å². The summed E-state index contributed by atoms with van der Waals surface area (Å²) in [5.41, 5.74) is 13.4. The maximum Gasteiger partial charge on any atom is 0.268 e. The summed E-state index contributed by atoms with van der Waals surface area (Å²) in [5, 5.41) is 1.47. The summed E-state index contributed by atoms with van der Waals surface area (Å²) in [6.07, 6.45) is 3.53. The van der Waals surface area contributed by atoms with Crippen LogP contribution in [-0.2, 0) is 26.5 Å². The Kier molecular flexibility index (Phi) is 11.6. The summed E-state index contributed by atoms with van der Waals surface area (Å²) < 4.78 is 109. The van der Waals surface area contributed by atoms with Crippen molar-refractivity contribution in [3.05, 3.63) is 271 Å². The molecule has 14 aromatic rings. The minimum atomic E-state index is -0.590. The van der Waals surface area contributed by atoms with Crippen molar-refractivity contribution in [3.63, 3.8) is 0 Å². The fourth-order valence-electron chi connectivity index (χ4n) is 11.5. The molecule has 0 aliphatic carbocycles. The number of fused-ring (bicyclic) bond motifs is 5. The zero-order valence-electron chi connectivity index (χ0n) is 57.8. The topological polar surface area (TPSA) is 49.0 Å². The molecule has 11 aromatic carbocycles. The van der Waals surface area contributed by atoms with E-state index in [1.807, 2.05) is 78.9 Å². The summed E-state index contributed by atoms with van der Waals surface area (Å²) in [6.45, 7) is 15.4. The van der Waals surface area contributed by atoms with Crippen molar-refractivity contribution in [2.45, 2.75) is 65.7 Å². The summed E-state index contributed by atoms with van der Waals surface area (Å²) in [5.74, 6) is 1.60. The first kappa shape index (κ1) is 44.2. The van der Waals surface area contributed by atoms with Crippen molar-refractivity contribution in [3.8, 4) is 84.5 Å². The third-order valence-electron chi connectivity index (χ3n) is 15.6. The van der Waals surface area contributed by atoms with Crippen molar-refractivity contribution in [1.29, 1.82) is 0 Å². The van der Waals surface area contributed by atoms with E-state index in [-0.39, 0.29) is 60.8 Å². The second kappa shape index (κ2) is 22.3. The van der Waals surface area contributed by atoms with Gasteiger partial charge in [0.1, 0.15) is 5.58 Å². The molecular formula is C78H62N4O2Pt-2. The van der Waals surface area contributed by atoms with Crippen molar-refractivity contribution < 1.29 is 48.5 Å². The molecule has 0 aliphatic rings. The van der Waals surface area contributed by atoms with Crippen molar-refractivity contribution in [1.82, 2.24) is 14.1 Å². The van der Waals surface area contributed by atoms with Gasteiger partial charge in [0.25, 0.3) is 6.33 Å². The van der Waals surface area contributed by atoms with Gasteiger partial charge in [0, 0.05) is 49.2 Å².